The number of hydrogen-bond donors (Lipinski definition) is 1. The second kappa shape index (κ2) is 8.31. The molecule has 1 unspecified atom stereocenters. The number of nitrogens with two attached hydrogens (primary N) is 1. The van der Waals surface area contributed by atoms with Crippen molar-refractivity contribution in [2.75, 3.05) is 20.2 Å². The smallest absolute Gasteiger partial charge is 0.255 e. The molecule has 1 atom stereocenters. The van der Waals surface area contributed by atoms with Crippen LogP contribution in [-0.4, -0.2) is 41.9 Å². The van der Waals surface area contributed by atoms with Gasteiger partial charge < -0.3 is 19.8 Å². The van der Waals surface area contributed by atoms with Gasteiger partial charge in [-0.1, -0.05) is 18.2 Å². The second-order valence-corrected chi connectivity index (χ2v) is 8.38. The standard InChI is InChI=1S/C22H23N3O4S/c1-13-18-20(30-19(13)21-24-9-10-29-21)15(11-25(22(18)27)12-17(23)26)8-7-14-5-3-4-6-16(14)28-2/h3-6,9-10,15H,7-8,11-12H2,1-2H3,(H2,23,26). The largest absolute Gasteiger partial charge is 0.496 e. The molecule has 0 bridgehead atoms. The highest BCUT2D eigenvalue weighted by molar-refractivity contribution is 7.16. The lowest BCUT2D eigenvalue weighted by Crippen LogP contribution is -2.44. The predicted molar refractivity (Wildman–Crippen MR) is 114 cm³/mol. The van der Waals surface area contributed by atoms with Crippen LogP contribution in [0.25, 0.3) is 10.8 Å². The van der Waals surface area contributed by atoms with Gasteiger partial charge in [0.05, 0.1) is 30.3 Å². The maximum absolute atomic E-state index is 13.1. The SMILES string of the molecule is COc1ccccc1CCC1CN(CC(N)=O)C(=O)c2c1sc(-c1ncco1)c2C. The molecule has 1 aliphatic heterocycles. The lowest BCUT2D eigenvalue weighted by atomic mass is 9.90. The summed E-state index contributed by atoms with van der Waals surface area (Å²) in [6.07, 6.45) is 4.71. The lowest BCUT2D eigenvalue weighted by molar-refractivity contribution is -0.118. The fourth-order valence-electron chi connectivity index (χ4n) is 4.00. The molecular weight excluding hydrogens is 402 g/mol. The van der Waals surface area contributed by atoms with Gasteiger partial charge in [0, 0.05) is 17.3 Å². The Morgan fingerprint density at radius 3 is 2.90 bits per heavy atom. The van der Waals surface area contributed by atoms with E-state index in [0.717, 1.165) is 39.5 Å². The Labute approximate surface area is 178 Å². The fourth-order valence-corrected chi connectivity index (χ4v) is 5.37. The molecule has 2 aromatic heterocycles. The molecule has 7 nitrogen and oxygen atoms in total. The molecule has 0 saturated carbocycles. The molecule has 4 rings (SSSR count). The van der Waals surface area contributed by atoms with E-state index in [4.69, 9.17) is 14.9 Å². The van der Waals surface area contributed by atoms with Crippen LogP contribution >= 0.6 is 11.3 Å². The van der Waals surface area contributed by atoms with Crippen molar-refractivity contribution in [2.45, 2.75) is 25.7 Å². The van der Waals surface area contributed by atoms with Crippen LogP contribution in [0.3, 0.4) is 0 Å². The number of rotatable bonds is 7. The van der Waals surface area contributed by atoms with E-state index in [9.17, 15) is 9.59 Å². The average molecular weight is 426 g/mol. The number of thiophene rings is 1. The first-order chi connectivity index (χ1) is 14.5. The van der Waals surface area contributed by atoms with Crippen LogP contribution < -0.4 is 10.5 Å². The van der Waals surface area contributed by atoms with Crippen LogP contribution in [0, 0.1) is 6.92 Å². The number of oxazole rings is 1. The number of benzene rings is 1. The molecule has 1 aromatic carbocycles. The van der Waals surface area contributed by atoms with Crippen LogP contribution in [0.4, 0.5) is 0 Å². The van der Waals surface area contributed by atoms with Crippen molar-refractivity contribution in [3.8, 4) is 16.5 Å². The number of ether oxygens (including phenoxy) is 1. The zero-order valence-corrected chi connectivity index (χ0v) is 17.7. The Morgan fingerprint density at radius 1 is 1.40 bits per heavy atom. The topological polar surface area (TPSA) is 98.7 Å². The molecule has 0 radical (unpaired) electrons. The van der Waals surface area contributed by atoms with Crippen molar-refractivity contribution < 1.29 is 18.7 Å². The maximum atomic E-state index is 13.1. The highest BCUT2D eigenvalue weighted by Crippen LogP contribution is 2.44. The number of nitrogens with zero attached hydrogens (tertiary/aromatic N) is 2. The van der Waals surface area contributed by atoms with Gasteiger partial charge in [-0.15, -0.1) is 11.3 Å². The van der Waals surface area contributed by atoms with E-state index in [1.54, 1.807) is 29.5 Å². The third kappa shape index (κ3) is 3.70. The summed E-state index contributed by atoms with van der Waals surface area (Å²) in [6, 6.07) is 7.93. The van der Waals surface area contributed by atoms with Crippen molar-refractivity contribution in [1.29, 1.82) is 0 Å². The van der Waals surface area contributed by atoms with E-state index in [0.29, 0.717) is 18.0 Å². The number of carbonyl (C=O) groups is 2. The molecule has 0 fully saturated rings. The molecule has 30 heavy (non-hydrogen) atoms. The number of fused-ring (bicyclic) bond motifs is 1. The first-order valence-corrected chi connectivity index (χ1v) is 10.5. The van der Waals surface area contributed by atoms with Gasteiger partial charge in [-0.05, 0) is 37.0 Å². The molecule has 0 spiro atoms. The third-order valence-corrected chi connectivity index (χ3v) is 6.86. The van der Waals surface area contributed by atoms with Crippen LogP contribution in [0.5, 0.6) is 5.75 Å². The zero-order valence-electron chi connectivity index (χ0n) is 16.9. The molecule has 3 aromatic rings. The fraction of sp³-hybridized carbons (Fsp3) is 0.318. The van der Waals surface area contributed by atoms with E-state index in [1.165, 1.54) is 6.26 Å². The number of para-hydroxylation sites is 1. The minimum atomic E-state index is -0.518. The number of methoxy groups -OCH3 is 1. The summed E-state index contributed by atoms with van der Waals surface area (Å²) in [4.78, 5) is 32.4. The summed E-state index contributed by atoms with van der Waals surface area (Å²) in [7, 11) is 1.66. The first kappa shape index (κ1) is 20.2. The van der Waals surface area contributed by atoms with Gasteiger partial charge in [0.25, 0.3) is 5.91 Å². The van der Waals surface area contributed by atoms with Gasteiger partial charge in [-0.3, -0.25) is 9.59 Å². The molecule has 3 heterocycles. The summed E-state index contributed by atoms with van der Waals surface area (Å²) in [5, 5.41) is 0. The highest BCUT2D eigenvalue weighted by atomic mass is 32.1. The predicted octanol–water partition coefficient (Wildman–Crippen LogP) is 3.38. The number of hydrogen-bond acceptors (Lipinski definition) is 6. The van der Waals surface area contributed by atoms with E-state index in [2.05, 4.69) is 4.98 Å². The summed E-state index contributed by atoms with van der Waals surface area (Å²) < 4.78 is 11.0. The minimum absolute atomic E-state index is 0.0781. The van der Waals surface area contributed by atoms with Gasteiger partial charge in [0.1, 0.15) is 12.0 Å². The zero-order chi connectivity index (χ0) is 21.3. The summed E-state index contributed by atoms with van der Waals surface area (Å²) >= 11 is 1.55. The quantitative estimate of drug-likeness (QED) is 0.626. The second-order valence-electron chi connectivity index (χ2n) is 7.33. The number of aryl methyl sites for hydroxylation is 1. The number of aromatic nitrogens is 1. The number of amides is 2. The molecule has 0 aliphatic carbocycles. The third-order valence-electron chi connectivity index (χ3n) is 5.41. The van der Waals surface area contributed by atoms with E-state index >= 15 is 0 Å². The van der Waals surface area contributed by atoms with E-state index in [1.807, 2.05) is 31.2 Å². The Hall–Kier alpha value is -3.13. The van der Waals surface area contributed by atoms with Crippen LogP contribution in [0.2, 0.25) is 0 Å². The van der Waals surface area contributed by atoms with Crippen molar-refractivity contribution in [3.05, 3.63) is 58.3 Å². The van der Waals surface area contributed by atoms with Crippen molar-refractivity contribution in [1.82, 2.24) is 9.88 Å². The molecule has 2 N–H and O–H groups in total. The van der Waals surface area contributed by atoms with Gasteiger partial charge in [0.15, 0.2) is 0 Å². The molecule has 2 amide bonds. The van der Waals surface area contributed by atoms with Gasteiger partial charge in [-0.25, -0.2) is 4.98 Å². The summed E-state index contributed by atoms with van der Waals surface area (Å²) in [5.41, 5.74) is 7.99. The Bertz CT molecular complexity index is 1070. The number of carbonyl (C=O) groups excluding carboxylic acids is 2. The first-order valence-electron chi connectivity index (χ1n) is 9.72. The van der Waals surface area contributed by atoms with Crippen LogP contribution in [-0.2, 0) is 11.2 Å². The monoisotopic (exact) mass is 425 g/mol. The Kier molecular flexibility index (Phi) is 5.59. The van der Waals surface area contributed by atoms with Crippen molar-refractivity contribution in [3.63, 3.8) is 0 Å². The summed E-state index contributed by atoms with van der Waals surface area (Å²) in [5.74, 6) is 0.750. The maximum Gasteiger partial charge on any atom is 0.255 e. The van der Waals surface area contributed by atoms with Gasteiger partial charge >= 0.3 is 0 Å². The molecule has 8 heteroatoms. The Balaban J connectivity index is 1.69. The average Bonchev–Trinajstić information content (AvgIpc) is 3.37. The highest BCUT2D eigenvalue weighted by Gasteiger charge is 2.36. The summed E-state index contributed by atoms with van der Waals surface area (Å²) in [6.45, 7) is 2.26. The molecule has 156 valence electrons. The van der Waals surface area contributed by atoms with E-state index < -0.39 is 5.91 Å². The lowest BCUT2D eigenvalue weighted by Gasteiger charge is -2.32. The molecular formula is C22H23N3O4S. The number of primary amides is 1. The minimum Gasteiger partial charge on any atom is -0.496 e. The van der Waals surface area contributed by atoms with E-state index in [-0.39, 0.29) is 18.4 Å². The normalized spacial score (nSPS) is 15.9. The van der Waals surface area contributed by atoms with Crippen molar-refractivity contribution in [2.24, 2.45) is 5.73 Å². The Morgan fingerprint density at radius 2 is 2.20 bits per heavy atom. The van der Waals surface area contributed by atoms with Crippen LogP contribution in [0.1, 0.15) is 38.7 Å². The molecule has 0 saturated heterocycles. The van der Waals surface area contributed by atoms with Crippen LogP contribution in [0.15, 0.2) is 41.1 Å². The molecule has 1 aliphatic rings. The van der Waals surface area contributed by atoms with Gasteiger partial charge in [0.2, 0.25) is 11.8 Å². The van der Waals surface area contributed by atoms with Crippen molar-refractivity contribution >= 4 is 23.2 Å². The van der Waals surface area contributed by atoms with Gasteiger partial charge in [-0.2, -0.15) is 0 Å².